The fourth-order valence-corrected chi connectivity index (χ4v) is 3.93. The molecule has 0 radical (unpaired) electrons. The summed E-state index contributed by atoms with van der Waals surface area (Å²) in [5.41, 5.74) is 2.73. The third-order valence-electron chi connectivity index (χ3n) is 5.50. The van der Waals surface area contributed by atoms with Gasteiger partial charge in [0.25, 0.3) is 0 Å². The van der Waals surface area contributed by atoms with Crippen LogP contribution >= 0.6 is 0 Å². The van der Waals surface area contributed by atoms with E-state index in [1.165, 1.54) is 5.56 Å². The van der Waals surface area contributed by atoms with Crippen LogP contribution in [0.2, 0.25) is 0 Å². The Morgan fingerprint density at radius 3 is 2.78 bits per heavy atom. The van der Waals surface area contributed by atoms with Gasteiger partial charge in [0.05, 0.1) is 5.52 Å². The zero-order chi connectivity index (χ0) is 18.6. The molecule has 2 aromatic heterocycles. The molecule has 6 heteroatoms. The molecule has 1 fully saturated rings. The van der Waals surface area contributed by atoms with E-state index in [0.29, 0.717) is 18.2 Å². The van der Waals surface area contributed by atoms with Gasteiger partial charge in [0.15, 0.2) is 5.58 Å². The number of aromatic nitrogens is 2. The number of nitrogens with zero attached hydrogens (tertiary/aromatic N) is 4. The second-order valence-corrected chi connectivity index (χ2v) is 7.35. The van der Waals surface area contributed by atoms with Crippen molar-refractivity contribution < 1.29 is 4.42 Å². The maximum absolute atomic E-state index is 12.3. The smallest absolute Gasteiger partial charge is 0.408 e. The Labute approximate surface area is 159 Å². The number of para-hydroxylation sites is 2. The molecular formula is C21H26N4O2. The van der Waals surface area contributed by atoms with Gasteiger partial charge in [-0.3, -0.25) is 14.5 Å². The minimum Gasteiger partial charge on any atom is -0.408 e. The molecule has 1 aliphatic heterocycles. The van der Waals surface area contributed by atoms with Crippen LogP contribution in [0.25, 0.3) is 11.1 Å². The molecule has 0 atom stereocenters. The van der Waals surface area contributed by atoms with Gasteiger partial charge >= 0.3 is 5.76 Å². The van der Waals surface area contributed by atoms with Crippen molar-refractivity contribution >= 4 is 11.1 Å². The molecular weight excluding hydrogens is 340 g/mol. The molecule has 6 nitrogen and oxygen atoms in total. The standard InChI is InChI=1S/C21H26N4O2/c1-23-11-8-18(9-12-23)24(16-17-5-4-10-22-15-17)13-14-25-19-6-2-3-7-20(19)27-21(25)26/h2-7,10,15,18H,8-9,11-14,16H2,1H3. The molecule has 0 bridgehead atoms. The second-order valence-electron chi connectivity index (χ2n) is 7.35. The third kappa shape index (κ3) is 4.12. The molecule has 27 heavy (non-hydrogen) atoms. The maximum atomic E-state index is 12.3. The number of fused-ring (bicyclic) bond motifs is 1. The minimum atomic E-state index is -0.277. The average molecular weight is 366 g/mol. The topological polar surface area (TPSA) is 54.5 Å². The summed E-state index contributed by atoms with van der Waals surface area (Å²) in [6.45, 7) is 4.52. The molecule has 0 saturated carbocycles. The van der Waals surface area contributed by atoms with E-state index in [-0.39, 0.29) is 5.76 Å². The van der Waals surface area contributed by atoms with Crippen molar-refractivity contribution in [2.75, 3.05) is 26.7 Å². The summed E-state index contributed by atoms with van der Waals surface area (Å²) in [5, 5.41) is 0. The second kappa shape index (κ2) is 8.06. The molecule has 1 aromatic carbocycles. The van der Waals surface area contributed by atoms with Crippen LogP contribution in [0.1, 0.15) is 18.4 Å². The highest BCUT2D eigenvalue weighted by Crippen LogP contribution is 2.19. The van der Waals surface area contributed by atoms with Crippen molar-refractivity contribution in [2.24, 2.45) is 0 Å². The Kier molecular flexibility index (Phi) is 5.36. The van der Waals surface area contributed by atoms with Gasteiger partial charge in [0, 0.05) is 38.1 Å². The number of hydrogen-bond acceptors (Lipinski definition) is 5. The summed E-state index contributed by atoms with van der Waals surface area (Å²) in [5.74, 6) is -0.277. The lowest BCUT2D eigenvalue weighted by atomic mass is 10.0. The van der Waals surface area contributed by atoms with Gasteiger partial charge in [-0.15, -0.1) is 0 Å². The van der Waals surface area contributed by atoms with Crippen LogP contribution in [-0.2, 0) is 13.1 Å². The first-order chi connectivity index (χ1) is 13.2. The first-order valence-corrected chi connectivity index (χ1v) is 9.60. The summed E-state index contributed by atoms with van der Waals surface area (Å²) in [4.78, 5) is 21.4. The SMILES string of the molecule is CN1CCC(N(CCn2c(=O)oc3ccccc32)Cc2cccnc2)CC1. The van der Waals surface area contributed by atoms with Gasteiger partial charge in [-0.25, -0.2) is 4.79 Å². The summed E-state index contributed by atoms with van der Waals surface area (Å²) in [7, 11) is 2.18. The molecule has 4 rings (SSSR count). The zero-order valence-electron chi connectivity index (χ0n) is 15.8. The number of benzene rings is 1. The van der Waals surface area contributed by atoms with E-state index in [2.05, 4.69) is 27.9 Å². The van der Waals surface area contributed by atoms with Crippen LogP contribution in [0, 0.1) is 0 Å². The van der Waals surface area contributed by atoms with Gasteiger partial charge in [0.1, 0.15) is 0 Å². The largest absolute Gasteiger partial charge is 0.419 e. The van der Waals surface area contributed by atoms with Crippen molar-refractivity contribution in [2.45, 2.75) is 32.0 Å². The number of oxazole rings is 1. The van der Waals surface area contributed by atoms with Crippen LogP contribution in [0.4, 0.5) is 0 Å². The Hall–Kier alpha value is -2.44. The summed E-state index contributed by atoms with van der Waals surface area (Å²) in [6.07, 6.45) is 6.04. The molecule has 0 amide bonds. The van der Waals surface area contributed by atoms with Crippen LogP contribution in [0.3, 0.4) is 0 Å². The van der Waals surface area contributed by atoms with Crippen molar-refractivity contribution in [3.8, 4) is 0 Å². The van der Waals surface area contributed by atoms with Gasteiger partial charge in [-0.2, -0.15) is 0 Å². The van der Waals surface area contributed by atoms with E-state index in [1.807, 2.05) is 36.5 Å². The van der Waals surface area contributed by atoms with Gasteiger partial charge < -0.3 is 9.32 Å². The number of pyridine rings is 1. The van der Waals surface area contributed by atoms with Crippen LogP contribution in [-0.4, -0.2) is 52.1 Å². The Bertz CT molecular complexity index is 926. The maximum Gasteiger partial charge on any atom is 0.419 e. The van der Waals surface area contributed by atoms with Crippen LogP contribution in [0.15, 0.2) is 58.0 Å². The van der Waals surface area contributed by atoms with E-state index < -0.39 is 0 Å². The highest BCUT2D eigenvalue weighted by molar-refractivity contribution is 5.72. The molecule has 0 N–H and O–H groups in total. The lowest BCUT2D eigenvalue weighted by Gasteiger charge is -2.37. The highest BCUT2D eigenvalue weighted by Gasteiger charge is 2.23. The predicted octanol–water partition coefficient (Wildman–Crippen LogP) is 2.59. The van der Waals surface area contributed by atoms with Gasteiger partial charge in [-0.05, 0) is 56.7 Å². The number of rotatable bonds is 6. The predicted molar refractivity (Wildman–Crippen MR) is 106 cm³/mol. The lowest BCUT2D eigenvalue weighted by Crippen LogP contribution is -2.44. The zero-order valence-corrected chi connectivity index (χ0v) is 15.8. The molecule has 0 unspecified atom stereocenters. The molecule has 142 valence electrons. The Balaban J connectivity index is 1.53. The minimum absolute atomic E-state index is 0.277. The molecule has 1 aliphatic rings. The summed E-state index contributed by atoms with van der Waals surface area (Å²) in [6, 6.07) is 12.3. The van der Waals surface area contributed by atoms with Crippen molar-refractivity contribution in [1.82, 2.24) is 19.4 Å². The lowest BCUT2D eigenvalue weighted by molar-refractivity contribution is 0.110. The Morgan fingerprint density at radius 2 is 2.00 bits per heavy atom. The van der Waals surface area contributed by atoms with Crippen LogP contribution < -0.4 is 5.76 Å². The normalized spacial score (nSPS) is 16.4. The van der Waals surface area contributed by atoms with Crippen molar-refractivity contribution in [3.05, 3.63) is 64.9 Å². The van der Waals surface area contributed by atoms with E-state index in [1.54, 1.807) is 10.8 Å². The third-order valence-corrected chi connectivity index (χ3v) is 5.50. The van der Waals surface area contributed by atoms with Gasteiger partial charge in [0.2, 0.25) is 0 Å². The molecule has 3 heterocycles. The van der Waals surface area contributed by atoms with E-state index in [9.17, 15) is 4.79 Å². The number of hydrogen-bond donors (Lipinski definition) is 0. The monoisotopic (exact) mass is 366 g/mol. The van der Waals surface area contributed by atoms with E-state index in [0.717, 1.165) is 44.5 Å². The number of piperidine rings is 1. The van der Waals surface area contributed by atoms with E-state index >= 15 is 0 Å². The molecule has 0 spiro atoms. The molecule has 3 aromatic rings. The Morgan fingerprint density at radius 1 is 1.19 bits per heavy atom. The van der Waals surface area contributed by atoms with Crippen molar-refractivity contribution in [1.29, 1.82) is 0 Å². The van der Waals surface area contributed by atoms with Crippen LogP contribution in [0.5, 0.6) is 0 Å². The molecule has 0 aliphatic carbocycles. The summed E-state index contributed by atoms with van der Waals surface area (Å²) >= 11 is 0. The van der Waals surface area contributed by atoms with E-state index in [4.69, 9.17) is 4.42 Å². The summed E-state index contributed by atoms with van der Waals surface area (Å²) < 4.78 is 7.13. The first-order valence-electron chi connectivity index (χ1n) is 9.60. The quantitative estimate of drug-likeness (QED) is 0.671. The fraction of sp³-hybridized carbons (Fsp3) is 0.429. The van der Waals surface area contributed by atoms with Crippen molar-refractivity contribution in [3.63, 3.8) is 0 Å². The molecule has 1 saturated heterocycles. The fourth-order valence-electron chi connectivity index (χ4n) is 3.93. The number of likely N-dealkylation sites (tertiary alicyclic amines) is 1. The van der Waals surface area contributed by atoms with Gasteiger partial charge in [-0.1, -0.05) is 18.2 Å². The average Bonchev–Trinajstić information content (AvgIpc) is 3.02. The first kappa shape index (κ1) is 17.9. The highest BCUT2D eigenvalue weighted by atomic mass is 16.4.